The molecule has 0 saturated carbocycles. The molecule has 0 aliphatic carbocycles. The summed E-state index contributed by atoms with van der Waals surface area (Å²) in [6.45, 7) is 2.80. The maximum Gasteiger partial charge on any atom is 0.473 e. The molecule has 1 aliphatic heterocycles. The van der Waals surface area contributed by atoms with Gasteiger partial charge in [-0.25, -0.2) is 15.1 Å². The molecule has 0 amide bonds. The summed E-state index contributed by atoms with van der Waals surface area (Å²) in [4.78, 5) is 3.80. The van der Waals surface area contributed by atoms with Gasteiger partial charge in [-0.05, 0) is 0 Å². The normalized spacial score (nSPS) is 22.2. The lowest BCUT2D eigenvalue weighted by Gasteiger charge is -2.21. The maximum absolute atomic E-state index is 11.8. The third kappa shape index (κ3) is 3.65. The molecule has 17 heavy (non-hydrogen) atoms. The fraction of sp³-hybridized carbons (Fsp3) is 0.875. The first kappa shape index (κ1) is 14.4. The molecule has 0 bridgehead atoms. The zero-order chi connectivity index (χ0) is 12.9. The molecule has 1 atom stereocenters. The zero-order valence-corrected chi connectivity index (χ0v) is 11.2. The van der Waals surface area contributed by atoms with Crippen molar-refractivity contribution in [2.75, 3.05) is 47.5 Å². The van der Waals surface area contributed by atoms with Crippen LogP contribution in [0.4, 0.5) is 0 Å². The predicted octanol–water partition coefficient (Wildman–Crippen LogP) is -0.119. The van der Waals surface area contributed by atoms with Crippen molar-refractivity contribution in [1.29, 1.82) is 0 Å². The van der Waals surface area contributed by atoms with E-state index in [0.717, 1.165) is 13.1 Å². The minimum absolute atomic E-state index is 0.540. The van der Waals surface area contributed by atoms with Crippen molar-refractivity contribution in [2.45, 2.75) is 0 Å². The topological polar surface area (TPSA) is 89.6 Å². The largest absolute Gasteiger partial charge is 0.473 e. The van der Waals surface area contributed by atoms with Gasteiger partial charge >= 0.3 is 7.75 Å². The second-order valence-electron chi connectivity index (χ2n) is 3.56. The summed E-state index contributed by atoms with van der Waals surface area (Å²) in [5.41, 5.74) is 0. The average Bonchev–Trinajstić information content (AvgIpc) is 2.68. The molecule has 0 radical (unpaired) electrons. The molecule has 8 nitrogen and oxygen atoms in total. The molecule has 0 aromatic rings. The van der Waals surface area contributed by atoms with Crippen molar-refractivity contribution >= 4 is 13.7 Å². The summed E-state index contributed by atoms with van der Waals surface area (Å²) in [7, 11) is 1.12. The van der Waals surface area contributed by atoms with Crippen LogP contribution in [-0.2, 0) is 18.5 Å². The number of rotatable bonds is 6. The lowest BCUT2D eigenvalue weighted by atomic mass is 10.5. The fourth-order valence-corrected chi connectivity index (χ4v) is 2.20. The van der Waals surface area contributed by atoms with Gasteiger partial charge in [0.2, 0.25) is 5.96 Å². The maximum atomic E-state index is 11.8. The van der Waals surface area contributed by atoms with E-state index >= 15 is 0 Å². The Morgan fingerprint density at radius 1 is 1.47 bits per heavy atom. The van der Waals surface area contributed by atoms with E-state index in [9.17, 15) is 4.57 Å². The van der Waals surface area contributed by atoms with Gasteiger partial charge in [0.25, 0.3) is 0 Å². The van der Waals surface area contributed by atoms with Crippen molar-refractivity contribution < 1.29 is 18.5 Å². The van der Waals surface area contributed by atoms with Crippen LogP contribution in [0.1, 0.15) is 0 Å². The lowest BCUT2D eigenvalue weighted by Crippen LogP contribution is -2.33. The van der Waals surface area contributed by atoms with Crippen LogP contribution < -0.4 is 5.90 Å². The Hall–Kier alpha value is -0.660. The summed E-state index contributed by atoms with van der Waals surface area (Å²) in [6.07, 6.45) is 0. The Labute approximate surface area is 101 Å². The van der Waals surface area contributed by atoms with Gasteiger partial charge in [-0.2, -0.15) is 0 Å². The highest BCUT2D eigenvalue weighted by Gasteiger charge is 2.29. The fourth-order valence-electron chi connectivity index (χ4n) is 1.48. The van der Waals surface area contributed by atoms with Gasteiger partial charge in [-0.3, -0.25) is 4.52 Å². The second kappa shape index (κ2) is 6.32. The minimum atomic E-state index is -3.60. The Balaban J connectivity index is 2.83. The molecule has 1 unspecified atom stereocenters. The Morgan fingerprint density at radius 3 is 2.71 bits per heavy atom. The van der Waals surface area contributed by atoms with Gasteiger partial charge in [-0.1, -0.05) is 0 Å². The molecule has 0 aromatic heterocycles. The lowest BCUT2D eigenvalue weighted by molar-refractivity contribution is 0.179. The number of hydrogen-bond donors (Lipinski definition) is 1. The van der Waals surface area contributed by atoms with Crippen molar-refractivity contribution in [2.24, 2.45) is 10.7 Å². The second-order valence-corrected chi connectivity index (χ2v) is 5.27. The van der Waals surface area contributed by atoms with Crippen molar-refractivity contribution in [3.63, 3.8) is 0 Å². The SMILES string of the molecule is COCCN1CCN(C)/C1=N/P(=O)(OC)ON. The van der Waals surface area contributed by atoms with E-state index in [4.69, 9.17) is 10.6 Å². The van der Waals surface area contributed by atoms with E-state index in [-0.39, 0.29) is 0 Å². The number of hydrogen-bond acceptors (Lipinski definition) is 5. The van der Waals surface area contributed by atoms with Crippen LogP contribution >= 0.6 is 7.75 Å². The molecular weight excluding hydrogens is 247 g/mol. The number of methoxy groups -OCH3 is 1. The van der Waals surface area contributed by atoms with E-state index < -0.39 is 7.75 Å². The van der Waals surface area contributed by atoms with E-state index in [0.29, 0.717) is 19.1 Å². The molecule has 1 saturated heterocycles. The van der Waals surface area contributed by atoms with E-state index in [1.807, 2.05) is 16.8 Å². The van der Waals surface area contributed by atoms with E-state index in [2.05, 4.69) is 13.9 Å². The Kier molecular flexibility index (Phi) is 5.35. The summed E-state index contributed by atoms with van der Waals surface area (Å²) in [5, 5.41) is 0. The van der Waals surface area contributed by atoms with E-state index in [1.165, 1.54) is 7.11 Å². The van der Waals surface area contributed by atoms with Crippen molar-refractivity contribution in [3.05, 3.63) is 0 Å². The number of guanidine groups is 1. The number of nitrogens with two attached hydrogens (primary N) is 1. The first-order valence-electron chi connectivity index (χ1n) is 5.16. The van der Waals surface area contributed by atoms with Crippen molar-refractivity contribution in [3.8, 4) is 0 Å². The number of nitrogens with zero attached hydrogens (tertiary/aromatic N) is 3. The van der Waals surface area contributed by atoms with Gasteiger partial charge < -0.3 is 14.5 Å². The molecule has 0 aromatic carbocycles. The molecule has 1 rings (SSSR count). The molecule has 1 fully saturated rings. The van der Waals surface area contributed by atoms with Crippen molar-refractivity contribution in [1.82, 2.24) is 9.80 Å². The summed E-state index contributed by atoms with van der Waals surface area (Å²) >= 11 is 0. The molecule has 100 valence electrons. The van der Waals surface area contributed by atoms with Crippen LogP contribution in [0.3, 0.4) is 0 Å². The predicted molar refractivity (Wildman–Crippen MR) is 63.4 cm³/mol. The average molecular weight is 266 g/mol. The van der Waals surface area contributed by atoms with Gasteiger partial charge in [0, 0.05) is 40.9 Å². The molecule has 0 spiro atoms. The summed E-state index contributed by atoms with van der Waals surface area (Å²) in [5.74, 6) is 5.47. The number of likely N-dealkylation sites (N-methyl/N-ethyl adjacent to an activating group) is 1. The summed E-state index contributed by atoms with van der Waals surface area (Å²) in [6, 6.07) is 0. The first-order valence-corrected chi connectivity index (χ1v) is 6.65. The smallest absolute Gasteiger partial charge is 0.383 e. The van der Waals surface area contributed by atoms with Gasteiger partial charge in [-0.15, -0.1) is 4.76 Å². The third-order valence-corrected chi connectivity index (χ3v) is 3.62. The quantitative estimate of drug-likeness (QED) is 0.529. The molecule has 1 heterocycles. The van der Waals surface area contributed by atoms with Gasteiger partial charge in [0.1, 0.15) is 0 Å². The monoisotopic (exact) mass is 266 g/mol. The van der Waals surface area contributed by atoms with E-state index in [1.54, 1.807) is 7.11 Å². The highest BCUT2D eigenvalue weighted by molar-refractivity contribution is 7.52. The van der Waals surface area contributed by atoms with Crippen LogP contribution in [0.15, 0.2) is 4.76 Å². The van der Waals surface area contributed by atoms with Gasteiger partial charge in [0.05, 0.1) is 6.61 Å². The number of ether oxygens (including phenoxy) is 1. The van der Waals surface area contributed by atoms with Crippen LogP contribution in [0, 0.1) is 0 Å². The van der Waals surface area contributed by atoms with Crippen LogP contribution in [0.5, 0.6) is 0 Å². The standard InChI is InChI=1S/C8H19N4O4P/c1-11-4-5-12(6-7-14-2)8(11)10-17(13,15-3)16-9/h4-7,9H2,1-3H3/b10-8-. The highest BCUT2D eigenvalue weighted by atomic mass is 31.2. The Morgan fingerprint density at radius 2 is 2.18 bits per heavy atom. The van der Waals surface area contributed by atoms with Gasteiger partial charge in [0.15, 0.2) is 0 Å². The first-order chi connectivity index (χ1) is 8.06. The molecule has 1 aliphatic rings. The minimum Gasteiger partial charge on any atom is -0.383 e. The van der Waals surface area contributed by atoms with Crippen LogP contribution in [-0.4, -0.2) is 63.3 Å². The Bertz CT molecular complexity index is 317. The summed E-state index contributed by atoms with van der Waals surface area (Å²) < 4.78 is 29.8. The highest BCUT2D eigenvalue weighted by Crippen LogP contribution is 2.47. The van der Waals surface area contributed by atoms with Crippen LogP contribution in [0.2, 0.25) is 0 Å². The zero-order valence-electron chi connectivity index (χ0n) is 10.3. The molecule has 9 heteroatoms. The molecular formula is C8H19N4O4P. The third-order valence-electron chi connectivity index (χ3n) is 2.47. The molecule has 2 N–H and O–H groups in total. The van der Waals surface area contributed by atoms with Crippen LogP contribution in [0.25, 0.3) is 0 Å².